The molecular weight excluding hydrogens is 320 g/mol. The Hall–Kier alpha value is -2.54. The van der Waals surface area contributed by atoms with Crippen molar-refractivity contribution in [2.24, 2.45) is 0 Å². The van der Waals surface area contributed by atoms with Gasteiger partial charge in [0.1, 0.15) is 6.54 Å². The Kier molecular flexibility index (Phi) is 4.94. The maximum atomic E-state index is 12.5. The Labute approximate surface area is 146 Å². The predicted octanol–water partition coefficient (Wildman–Crippen LogP) is 2.03. The number of rotatable bonds is 3. The molecule has 2 N–H and O–H groups in total. The highest BCUT2D eigenvalue weighted by Gasteiger charge is 2.25. The number of carbonyl (C=O) groups excluding carboxylic acids is 2. The fourth-order valence-corrected chi connectivity index (χ4v) is 3.18. The van der Waals surface area contributed by atoms with E-state index in [1.807, 2.05) is 48.9 Å². The highest BCUT2D eigenvalue weighted by atomic mass is 16.5. The first kappa shape index (κ1) is 17.3. The highest BCUT2D eigenvalue weighted by Crippen LogP contribution is 2.21. The topological polar surface area (TPSA) is 75.6 Å². The van der Waals surface area contributed by atoms with Gasteiger partial charge in [-0.05, 0) is 37.4 Å². The summed E-state index contributed by atoms with van der Waals surface area (Å²) in [4.78, 5) is 25.9. The molecule has 3 rings (SSSR count). The van der Waals surface area contributed by atoms with Gasteiger partial charge in [-0.3, -0.25) is 4.79 Å². The minimum Gasteiger partial charge on any atom is -0.372 e. The molecule has 0 bridgehead atoms. The molecule has 1 aromatic carbocycles. The minimum atomic E-state index is -0.134. The predicted molar refractivity (Wildman–Crippen MR) is 96.6 cm³/mol. The molecule has 1 aromatic heterocycles. The molecule has 1 aliphatic heterocycles. The van der Waals surface area contributed by atoms with Crippen LogP contribution in [0.2, 0.25) is 0 Å². The lowest BCUT2D eigenvalue weighted by molar-refractivity contribution is -0.121. The van der Waals surface area contributed by atoms with Crippen molar-refractivity contribution in [2.75, 3.05) is 25.5 Å². The van der Waals surface area contributed by atoms with Crippen LogP contribution in [0.1, 0.15) is 13.8 Å². The summed E-state index contributed by atoms with van der Waals surface area (Å²) in [6, 6.07) is 7.53. The van der Waals surface area contributed by atoms with Crippen LogP contribution in [-0.4, -0.2) is 53.8 Å². The van der Waals surface area contributed by atoms with Gasteiger partial charge in [0.15, 0.2) is 0 Å². The van der Waals surface area contributed by atoms with Crippen molar-refractivity contribution in [3.05, 3.63) is 30.5 Å². The summed E-state index contributed by atoms with van der Waals surface area (Å²) in [6.07, 6.45) is 1.93. The number of morpholine rings is 1. The summed E-state index contributed by atoms with van der Waals surface area (Å²) in [5, 5.41) is 6.59. The van der Waals surface area contributed by atoms with E-state index < -0.39 is 0 Å². The Balaban J connectivity index is 1.76. The maximum absolute atomic E-state index is 12.5. The molecule has 0 aliphatic carbocycles. The van der Waals surface area contributed by atoms with Crippen molar-refractivity contribution in [2.45, 2.75) is 32.6 Å². The Morgan fingerprint density at radius 2 is 1.92 bits per heavy atom. The molecule has 7 heteroatoms. The zero-order chi connectivity index (χ0) is 18.0. The number of likely N-dealkylation sites (N-methyl/N-ethyl adjacent to an activating group) is 1. The summed E-state index contributed by atoms with van der Waals surface area (Å²) in [6.45, 7) is 5.33. The average molecular weight is 344 g/mol. The van der Waals surface area contributed by atoms with Crippen molar-refractivity contribution < 1.29 is 14.3 Å². The van der Waals surface area contributed by atoms with Crippen LogP contribution in [0.4, 0.5) is 10.5 Å². The first-order valence-corrected chi connectivity index (χ1v) is 8.47. The average Bonchev–Trinajstić information content (AvgIpc) is 2.96. The van der Waals surface area contributed by atoms with Crippen LogP contribution < -0.4 is 10.6 Å². The van der Waals surface area contributed by atoms with Gasteiger partial charge in [0.2, 0.25) is 5.91 Å². The molecule has 25 heavy (non-hydrogen) atoms. The maximum Gasteiger partial charge on any atom is 0.322 e. The quantitative estimate of drug-likeness (QED) is 0.894. The number of anilines is 1. The molecule has 0 saturated carbocycles. The third-order valence-corrected chi connectivity index (χ3v) is 4.32. The van der Waals surface area contributed by atoms with Gasteiger partial charge in [-0.2, -0.15) is 0 Å². The Bertz CT molecular complexity index is 776. The number of amides is 3. The second-order valence-electron chi connectivity index (χ2n) is 6.48. The van der Waals surface area contributed by atoms with Gasteiger partial charge in [0.05, 0.1) is 17.7 Å². The fraction of sp³-hybridized carbons (Fsp3) is 0.444. The Morgan fingerprint density at radius 1 is 1.20 bits per heavy atom. The minimum absolute atomic E-state index is 0.0294. The number of benzene rings is 1. The van der Waals surface area contributed by atoms with E-state index in [1.54, 1.807) is 11.9 Å². The van der Waals surface area contributed by atoms with Crippen LogP contribution in [0, 0.1) is 0 Å². The molecule has 3 amide bonds. The van der Waals surface area contributed by atoms with Crippen LogP contribution in [0.5, 0.6) is 0 Å². The number of carbonyl (C=O) groups is 2. The van der Waals surface area contributed by atoms with Crippen molar-refractivity contribution in [3.8, 4) is 0 Å². The first-order valence-electron chi connectivity index (χ1n) is 8.47. The molecule has 0 spiro atoms. The van der Waals surface area contributed by atoms with Gasteiger partial charge in [-0.1, -0.05) is 6.07 Å². The number of ether oxygens (including phenoxy) is 1. The fourth-order valence-electron chi connectivity index (χ4n) is 3.18. The van der Waals surface area contributed by atoms with E-state index in [0.717, 1.165) is 10.9 Å². The number of hydrogen-bond acceptors (Lipinski definition) is 3. The van der Waals surface area contributed by atoms with E-state index in [-0.39, 0.29) is 30.7 Å². The number of nitrogens with one attached hydrogen (secondary N) is 2. The lowest BCUT2D eigenvalue weighted by atomic mass is 10.2. The van der Waals surface area contributed by atoms with E-state index in [1.165, 1.54) is 0 Å². The molecule has 1 saturated heterocycles. The molecule has 0 radical (unpaired) electrons. The normalized spacial score (nSPS) is 20.5. The number of fused-ring (bicyclic) bond motifs is 1. The van der Waals surface area contributed by atoms with Crippen molar-refractivity contribution >= 4 is 28.5 Å². The number of nitrogens with zero attached hydrogens (tertiary/aromatic N) is 2. The molecule has 2 atom stereocenters. The first-order chi connectivity index (χ1) is 12.0. The molecule has 2 aromatic rings. The molecule has 1 fully saturated rings. The number of urea groups is 1. The summed E-state index contributed by atoms with van der Waals surface area (Å²) in [5.41, 5.74) is 1.62. The molecule has 2 heterocycles. The van der Waals surface area contributed by atoms with Gasteiger partial charge in [-0.25, -0.2) is 4.79 Å². The molecule has 0 unspecified atom stereocenters. The summed E-state index contributed by atoms with van der Waals surface area (Å²) < 4.78 is 7.53. The van der Waals surface area contributed by atoms with Gasteiger partial charge in [0, 0.05) is 32.0 Å². The Morgan fingerprint density at radius 3 is 2.60 bits per heavy atom. The van der Waals surface area contributed by atoms with Crippen molar-refractivity contribution in [1.82, 2.24) is 14.8 Å². The van der Waals surface area contributed by atoms with Crippen LogP contribution in [0.15, 0.2) is 30.5 Å². The van der Waals surface area contributed by atoms with Crippen LogP contribution in [0.3, 0.4) is 0 Å². The van der Waals surface area contributed by atoms with Crippen LogP contribution in [-0.2, 0) is 16.1 Å². The third kappa shape index (κ3) is 3.93. The smallest absolute Gasteiger partial charge is 0.322 e. The zero-order valence-corrected chi connectivity index (χ0v) is 14.8. The second kappa shape index (κ2) is 7.14. The highest BCUT2D eigenvalue weighted by molar-refractivity contribution is 5.93. The van der Waals surface area contributed by atoms with Crippen molar-refractivity contribution in [1.29, 1.82) is 0 Å². The lowest BCUT2D eigenvalue weighted by Gasteiger charge is -2.35. The van der Waals surface area contributed by atoms with Gasteiger partial charge >= 0.3 is 6.03 Å². The van der Waals surface area contributed by atoms with E-state index in [2.05, 4.69) is 10.6 Å². The SMILES string of the molecule is CNC(=O)Cn1ccc2ccc(NC(=O)N3C[C@@H](C)O[C@@H](C)C3)cc21. The van der Waals surface area contributed by atoms with Crippen LogP contribution >= 0.6 is 0 Å². The summed E-state index contributed by atoms with van der Waals surface area (Å²) in [5.74, 6) is -0.0665. The standard InChI is InChI=1S/C18H24N4O3/c1-12-9-22(10-13(2)25-12)18(24)20-15-5-4-14-6-7-21(16(14)8-15)11-17(23)19-3/h4-8,12-13H,9-11H2,1-3H3,(H,19,23)(H,20,24)/t12-,13+. The van der Waals surface area contributed by atoms with E-state index >= 15 is 0 Å². The number of aromatic nitrogens is 1. The molecule has 1 aliphatic rings. The largest absolute Gasteiger partial charge is 0.372 e. The molecular formula is C18H24N4O3. The number of hydrogen-bond donors (Lipinski definition) is 2. The van der Waals surface area contributed by atoms with Gasteiger partial charge in [0.25, 0.3) is 0 Å². The second-order valence-corrected chi connectivity index (χ2v) is 6.48. The molecule has 7 nitrogen and oxygen atoms in total. The lowest BCUT2D eigenvalue weighted by Crippen LogP contribution is -2.49. The van der Waals surface area contributed by atoms with E-state index in [9.17, 15) is 9.59 Å². The van der Waals surface area contributed by atoms with Crippen molar-refractivity contribution in [3.63, 3.8) is 0 Å². The van der Waals surface area contributed by atoms with E-state index in [0.29, 0.717) is 18.8 Å². The van der Waals surface area contributed by atoms with E-state index in [4.69, 9.17) is 4.74 Å². The van der Waals surface area contributed by atoms with Gasteiger partial charge < -0.3 is 24.8 Å². The zero-order valence-electron chi connectivity index (χ0n) is 14.8. The van der Waals surface area contributed by atoms with Crippen LogP contribution in [0.25, 0.3) is 10.9 Å². The molecule has 134 valence electrons. The third-order valence-electron chi connectivity index (χ3n) is 4.32. The van der Waals surface area contributed by atoms with Gasteiger partial charge in [-0.15, -0.1) is 0 Å². The summed E-state index contributed by atoms with van der Waals surface area (Å²) >= 11 is 0. The summed E-state index contributed by atoms with van der Waals surface area (Å²) in [7, 11) is 1.62. The monoisotopic (exact) mass is 344 g/mol.